The second-order valence-electron chi connectivity index (χ2n) is 8.02. The molecule has 0 saturated heterocycles. The lowest BCUT2D eigenvalue weighted by Crippen LogP contribution is -2.25. The van der Waals surface area contributed by atoms with Crippen molar-refractivity contribution in [2.45, 2.75) is 13.8 Å². The Labute approximate surface area is 219 Å². The van der Waals surface area contributed by atoms with Gasteiger partial charge in [-0.2, -0.15) is 4.37 Å². The van der Waals surface area contributed by atoms with Crippen LogP contribution in [0.2, 0.25) is 0 Å². The summed E-state index contributed by atoms with van der Waals surface area (Å²) in [5.41, 5.74) is 2.03. The number of anilines is 2. The number of thiazole rings is 1. The van der Waals surface area contributed by atoms with Crippen LogP contribution in [0.5, 0.6) is 0 Å². The van der Waals surface area contributed by atoms with Crippen molar-refractivity contribution in [1.29, 1.82) is 0 Å². The zero-order valence-corrected chi connectivity index (χ0v) is 21.4. The van der Waals surface area contributed by atoms with Gasteiger partial charge in [-0.1, -0.05) is 18.2 Å². The van der Waals surface area contributed by atoms with Crippen molar-refractivity contribution in [2.75, 3.05) is 17.2 Å². The van der Waals surface area contributed by atoms with E-state index in [1.165, 1.54) is 35.9 Å². The molecule has 0 fully saturated rings. The van der Waals surface area contributed by atoms with Crippen LogP contribution in [0.4, 0.5) is 14.7 Å². The van der Waals surface area contributed by atoms with Gasteiger partial charge in [0.2, 0.25) is 5.13 Å². The van der Waals surface area contributed by atoms with E-state index >= 15 is 0 Å². The summed E-state index contributed by atoms with van der Waals surface area (Å²) in [6, 6.07) is 7.13. The Balaban J connectivity index is 1.77. The Hall–Kier alpha value is -4.29. The topological polar surface area (TPSA) is 126 Å². The average Bonchev–Trinajstić information content (AvgIpc) is 3.58. The quantitative estimate of drug-likeness (QED) is 0.275. The molecular formula is C25H21FN6O3S2. The Kier molecular flexibility index (Phi) is 7.80. The first-order chi connectivity index (χ1) is 17.7. The number of halogens is 1. The Morgan fingerprint density at radius 3 is 2.43 bits per heavy atom. The number of hydrogen-bond acceptors (Lipinski definition) is 8. The molecule has 9 nitrogen and oxygen atoms in total. The van der Waals surface area contributed by atoms with E-state index in [9.17, 15) is 18.8 Å². The number of hydrogen-bond donors (Lipinski definition) is 3. The zero-order chi connectivity index (χ0) is 26.5. The van der Waals surface area contributed by atoms with Crippen LogP contribution in [0, 0.1) is 12.7 Å². The van der Waals surface area contributed by atoms with Crippen molar-refractivity contribution in [1.82, 2.24) is 19.7 Å². The molecule has 0 aliphatic carbocycles. The van der Waals surface area contributed by atoms with E-state index in [4.69, 9.17) is 0 Å². The van der Waals surface area contributed by atoms with Crippen LogP contribution < -0.4 is 16.0 Å². The average molecular weight is 537 g/mol. The minimum Gasteiger partial charge on any atom is -0.348 e. The van der Waals surface area contributed by atoms with Gasteiger partial charge in [0, 0.05) is 46.3 Å². The van der Waals surface area contributed by atoms with Gasteiger partial charge in [0.05, 0.1) is 0 Å². The molecule has 0 aliphatic rings. The fourth-order valence-electron chi connectivity index (χ4n) is 3.38. The van der Waals surface area contributed by atoms with Crippen molar-refractivity contribution < 1.29 is 18.8 Å². The first kappa shape index (κ1) is 25.8. The van der Waals surface area contributed by atoms with Crippen LogP contribution in [0.15, 0.2) is 60.4 Å². The molecule has 188 valence electrons. The molecule has 0 spiro atoms. The minimum atomic E-state index is -0.630. The fraction of sp³-hybridized carbons (Fsp3) is 0.120. The third-order valence-corrected chi connectivity index (χ3v) is 6.48. The summed E-state index contributed by atoms with van der Waals surface area (Å²) >= 11 is 2.21. The lowest BCUT2D eigenvalue weighted by Gasteiger charge is -2.15. The number of carbonyl (C=O) groups is 3. The Morgan fingerprint density at radius 1 is 0.973 bits per heavy atom. The van der Waals surface area contributed by atoms with Crippen molar-refractivity contribution >= 4 is 50.9 Å². The van der Waals surface area contributed by atoms with Crippen molar-refractivity contribution in [3.8, 4) is 11.1 Å². The molecule has 0 aliphatic heterocycles. The summed E-state index contributed by atoms with van der Waals surface area (Å²) in [5, 5.41) is 10.3. The summed E-state index contributed by atoms with van der Waals surface area (Å²) < 4.78 is 18.8. The number of rotatable bonds is 8. The second-order valence-corrected chi connectivity index (χ2v) is 9.70. The molecule has 0 radical (unpaired) electrons. The monoisotopic (exact) mass is 536 g/mol. The Morgan fingerprint density at radius 2 is 1.76 bits per heavy atom. The predicted molar refractivity (Wildman–Crippen MR) is 142 cm³/mol. The highest BCUT2D eigenvalue weighted by atomic mass is 32.1. The minimum absolute atomic E-state index is 0.0304. The highest BCUT2D eigenvalue weighted by molar-refractivity contribution is 7.13. The summed E-state index contributed by atoms with van der Waals surface area (Å²) in [7, 11) is 0. The predicted octanol–water partition coefficient (Wildman–Crippen LogP) is 4.92. The van der Waals surface area contributed by atoms with E-state index in [2.05, 4.69) is 36.9 Å². The largest absolute Gasteiger partial charge is 0.348 e. The number of nitrogens with one attached hydrogen (secondary N) is 3. The second kappa shape index (κ2) is 11.2. The van der Waals surface area contributed by atoms with Gasteiger partial charge >= 0.3 is 0 Å². The molecule has 0 saturated carbocycles. The number of benzene rings is 2. The SMILES string of the molecule is C=C(C)CNC(=O)c1ccc(-c2cc(C(=O)Nc3ncns3)cc(F)c2C)c(C(=O)Nc2nccs2)c1. The molecule has 0 unspecified atom stereocenters. The molecule has 2 aromatic carbocycles. The zero-order valence-electron chi connectivity index (χ0n) is 19.8. The highest BCUT2D eigenvalue weighted by Gasteiger charge is 2.21. The fourth-order valence-corrected chi connectivity index (χ4v) is 4.33. The van der Waals surface area contributed by atoms with E-state index in [-0.39, 0.29) is 33.9 Å². The Bertz CT molecular complexity index is 1490. The molecular weight excluding hydrogens is 515 g/mol. The molecule has 0 bridgehead atoms. The molecule has 4 rings (SSSR count). The van der Waals surface area contributed by atoms with Crippen LogP contribution in [0.1, 0.15) is 43.6 Å². The molecule has 3 N–H and O–H groups in total. The van der Waals surface area contributed by atoms with Crippen molar-refractivity contribution in [3.63, 3.8) is 0 Å². The van der Waals surface area contributed by atoms with Crippen LogP contribution in [0.25, 0.3) is 11.1 Å². The van der Waals surface area contributed by atoms with Gasteiger partial charge in [-0.05, 0) is 54.8 Å². The molecule has 37 heavy (non-hydrogen) atoms. The van der Waals surface area contributed by atoms with Crippen LogP contribution in [0.3, 0.4) is 0 Å². The first-order valence-electron chi connectivity index (χ1n) is 10.9. The van der Waals surface area contributed by atoms with Gasteiger partial charge in [-0.15, -0.1) is 11.3 Å². The maximum absolute atomic E-state index is 15.0. The molecule has 12 heteroatoms. The number of carbonyl (C=O) groups excluding carboxylic acids is 3. The van der Waals surface area contributed by atoms with Crippen LogP contribution >= 0.6 is 22.9 Å². The smallest absolute Gasteiger partial charge is 0.258 e. The van der Waals surface area contributed by atoms with E-state index in [1.54, 1.807) is 31.5 Å². The summed E-state index contributed by atoms with van der Waals surface area (Å²) in [6.45, 7) is 7.37. The van der Waals surface area contributed by atoms with E-state index in [0.717, 1.165) is 23.2 Å². The van der Waals surface area contributed by atoms with Gasteiger partial charge in [-0.25, -0.2) is 14.4 Å². The third kappa shape index (κ3) is 6.11. The lowest BCUT2D eigenvalue weighted by atomic mass is 9.92. The standard InChI is InChI=1S/C25H21FN6O3S2/c1-13(2)11-28-21(33)15-4-5-17(19(8-15)23(35)32-24-27-6-7-36-24)18-9-16(10-20(26)14(18)3)22(34)31-25-29-12-30-37-25/h4-10,12H,1,11H2,2-3H3,(H,28,33)(H,27,32,35)(H,29,30,31,34). The molecule has 3 amide bonds. The van der Waals surface area contributed by atoms with E-state index in [1.807, 2.05) is 0 Å². The summed E-state index contributed by atoms with van der Waals surface area (Å²) in [5.74, 6) is -2.15. The molecule has 2 heterocycles. The van der Waals surface area contributed by atoms with Gasteiger partial charge in [-0.3, -0.25) is 25.0 Å². The molecule has 0 atom stereocenters. The lowest BCUT2D eigenvalue weighted by molar-refractivity contribution is 0.0956. The van der Waals surface area contributed by atoms with Gasteiger partial charge in [0.15, 0.2) is 5.13 Å². The van der Waals surface area contributed by atoms with Crippen LogP contribution in [-0.4, -0.2) is 38.6 Å². The number of amides is 3. The maximum Gasteiger partial charge on any atom is 0.258 e. The van der Waals surface area contributed by atoms with E-state index in [0.29, 0.717) is 16.3 Å². The van der Waals surface area contributed by atoms with E-state index < -0.39 is 23.5 Å². The van der Waals surface area contributed by atoms with Crippen molar-refractivity contribution in [2.24, 2.45) is 0 Å². The third-order valence-electron chi connectivity index (χ3n) is 5.21. The summed E-state index contributed by atoms with van der Waals surface area (Å²) in [4.78, 5) is 46.7. The highest BCUT2D eigenvalue weighted by Crippen LogP contribution is 2.32. The van der Waals surface area contributed by atoms with Crippen molar-refractivity contribution in [3.05, 3.63) is 88.5 Å². The first-order valence-corrected chi connectivity index (χ1v) is 12.5. The number of aromatic nitrogens is 3. The molecule has 4 aromatic rings. The molecule has 2 aromatic heterocycles. The van der Waals surface area contributed by atoms with Gasteiger partial charge in [0.25, 0.3) is 17.7 Å². The van der Waals surface area contributed by atoms with Gasteiger partial charge in [0.1, 0.15) is 12.1 Å². The normalized spacial score (nSPS) is 10.6. The summed E-state index contributed by atoms with van der Waals surface area (Å²) in [6.07, 6.45) is 2.84. The van der Waals surface area contributed by atoms with Crippen LogP contribution in [-0.2, 0) is 0 Å². The maximum atomic E-state index is 15.0. The number of nitrogens with zero attached hydrogens (tertiary/aromatic N) is 3. The van der Waals surface area contributed by atoms with Gasteiger partial charge < -0.3 is 5.32 Å².